The van der Waals surface area contributed by atoms with E-state index in [4.69, 9.17) is 4.98 Å². The standard InChI is InChI=1S/C27H36N6/c1-15(2)25-21-11-23(19-7-9-20(10-8-19)31-16(3)4)28-12-24(21)32-26(25)22-13-33-27(29-14-30-33)18(6)17(22)5/h11-16,19-20,31-32H,7-10H2,1-6H3. The van der Waals surface area contributed by atoms with Crippen LogP contribution in [0.15, 0.2) is 24.8 Å². The predicted octanol–water partition coefficient (Wildman–Crippen LogP) is 6.04. The van der Waals surface area contributed by atoms with Crippen LogP contribution in [0.25, 0.3) is 27.8 Å². The summed E-state index contributed by atoms with van der Waals surface area (Å²) in [4.78, 5) is 13.1. The average molecular weight is 445 g/mol. The van der Waals surface area contributed by atoms with Crippen LogP contribution in [0.5, 0.6) is 0 Å². The second-order valence-electron chi connectivity index (χ2n) is 10.4. The zero-order valence-corrected chi connectivity index (χ0v) is 20.7. The Bertz CT molecular complexity index is 1290. The van der Waals surface area contributed by atoms with E-state index in [9.17, 15) is 0 Å². The molecule has 1 fully saturated rings. The molecule has 1 saturated carbocycles. The number of aryl methyl sites for hydroxylation is 1. The van der Waals surface area contributed by atoms with Gasteiger partial charge in [-0.3, -0.25) is 4.98 Å². The number of rotatable bonds is 5. The first-order chi connectivity index (χ1) is 15.8. The van der Waals surface area contributed by atoms with Gasteiger partial charge in [0.2, 0.25) is 0 Å². The van der Waals surface area contributed by atoms with Crippen molar-refractivity contribution in [3.8, 4) is 11.3 Å². The molecule has 0 aliphatic heterocycles. The van der Waals surface area contributed by atoms with Gasteiger partial charge in [0.1, 0.15) is 6.33 Å². The highest BCUT2D eigenvalue weighted by molar-refractivity contribution is 5.92. The molecule has 0 spiro atoms. The van der Waals surface area contributed by atoms with E-state index in [1.165, 1.54) is 64.7 Å². The third-order valence-electron chi connectivity index (χ3n) is 7.43. The molecule has 2 N–H and O–H groups in total. The lowest BCUT2D eigenvalue weighted by Gasteiger charge is -2.30. The zero-order chi connectivity index (χ0) is 23.3. The highest BCUT2D eigenvalue weighted by Gasteiger charge is 2.25. The van der Waals surface area contributed by atoms with Gasteiger partial charge < -0.3 is 10.3 Å². The molecule has 33 heavy (non-hydrogen) atoms. The second kappa shape index (κ2) is 8.56. The first-order valence-electron chi connectivity index (χ1n) is 12.4. The van der Waals surface area contributed by atoms with Gasteiger partial charge in [-0.1, -0.05) is 27.7 Å². The minimum absolute atomic E-state index is 0.390. The summed E-state index contributed by atoms with van der Waals surface area (Å²) in [5.74, 6) is 0.939. The van der Waals surface area contributed by atoms with Crippen LogP contribution in [0, 0.1) is 13.8 Å². The number of hydrogen-bond donors (Lipinski definition) is 2. The maximum atomic E-state index is 4.93. The van der Waals surface area contributed by atoms with Crippen molar-refractivity contribution in [3.63, 3.8) is 0 Å². The van der Waals surface area contributed by atoms with Gasteiger partial charge in [0.25, 0.3) is 0 Å². The molecule has 0 saturated heterocycles. The number of aromatic nitrogens is 5. The van der Waals surface area contributed by atoms with Gasteiger partial charge in [0.05, 0.1) is 17.4 Å². The molecule has 4 aromatic rings. The van der Waals surface area contributed by atoms with Gasteiger partial charge in [-0.15, -0.1) is 0 Å². The molecule has 0 aromatic carbocycles. The highest BCUT2D eigenvalue weighted by atomic mass is 15.3. The Kier molecular flexibility index (Phi) is 5.73. The molecule has 6 nitrogen and oxygen atoms in total. The number of H-pyrrole nitrogens is 1. The monoisotopic (exact) mass is 444 g/mol. The van der Waals surface area contributed by atoms with Crippen molar-refractivity contribution in [2.45, 2.75) is 91.1 Å². The summed E-state index contributed by atoms with van der Waals surface area (Å²) in [5, 5.41) is 9.43. The van der Waals surface area contributed by atoms with Crippen LogP contribution in [-0.2, 0) is 0 Å². The molecule has 1 aliphatic carbocycles. The van der Waals surface area contributed by atoms with Crippen LogP contribution in [0.2, 0.25) is 0 Å². The molecular formula is C27H36N6. The Morgan fingerprint density at radius 1 is 1.03 bits per heavy atom. The van der Waals surface area contributed by atoms with E-state index in [0.717, 1.165) is 11.2 Å². The van der Waals surface area contributed by atoms with Gasteiger partial charge in [0, 0.05) is 40.8 Å². The van der Waals surface area contributed by atoms with E-state index < -0.39 is 0 Å². The van der Waals surface area contributed by atoms with Crippen molar-refractivity contribution >= 4 is 16.6 Å². The topological polar surface area (TPSA) is 70.9 Å². The predicted molar refractivity (Wildman–Crippen MR) is 135 cm³/mol. The minimum Gasteiger partial charge on any atom is -0.353 e. The Balaban J connectivity index is 1.55. The minimum atomic E-state index is 0.390. The summed E-state index contributed by atoms with van der Waals surface area (Å²) in [6.45, 7) is 13.4. The van der Waals surface area contributed by atoms with Gasteiger partial charge in [-0.2, -0.15) is 5.10 Å². The van der Waals surface area contributed by atoms with Crippen molar-refractivity contribution in [2.75, 3.05) is 0 Å². The number of nitrogens with zero attached hydrogens (tertiary/aromatic N) is 4. The summed E-state index contributed by atoms with van der Waals surface area (Å²) in [5.41, 5.74) is 9.43. The lowest BCUT2D eigenvalue weighted by Crippen LogP contribution is -2.37. The van der Waals surface area contributed by atoms with Gasteiger partial charge in [0.15, 0.2) is 5.65 Å². The Morgan fingerprint density at radius 3 is 2.48 bits per heavy atom. The molecule has 4 heterocycles. The van der Waals surface area contributed by atoms with E-state index >= 15 is 0 Å². The number of fused-ring (bicyclic) bond motifs is 2. The van der Waals surface area contributed by atoms with Crippen molar-refractivity contribution < 1.29 is 0 Å². The van der Waals surface area contributed by atoms with Crippen molar-refractivity contribution in [2.24, 2.45) is 0 Å². The number of nitrogens with one attached hydrogen (secondary N) is 2. The fourth-order valence-electron chi connectivity index (χ4n) is 5.65. The lowest BCUT2D eigenvalue weighted by atomic mass is 9.83. The molecule has 1 aliphatic rings. The summed E-state index contributed by atoms with van der Waals surface area (Å²) in [6.07, 6.45) is 10.7. The Morgan fingerprint density at radius 2 is 1.79 bits per heavy atom. The van der Waals surface area contributed by atoms with Crippen molar-refractivity contribution in [1.82, 2.24) is 29.9 Å². The number of hydrogen-bond acceptors (Lipinski definition) is 4. The third kappa shape index (κ3) is 3.95. The van der Waals surface area contributed by atoms with Crippen LogP contribution >= 0.6 is 0 Å². The molecule has 0 unspecified atom stereocenters. The fourth-order valence-corrected chi connectivity index (χ4v) is 5.65. The van der Waals surface area contributed by atoms with Crippen LogP contribution < -0.4 is 5.32 Å². The average Bonchev–Trinajstić information content (AvgIpc) is 3.40. The summed E-state index contributed by atoms with van der Waals surface area (Å²) in [7, 11) is 0. The SMILES string of the molecule is Cc1c(-c2[nH]c3cnc(C4CCC(NC(C)C)CC4)cc3c2C(C)C)cn2ncnc2c1C. The summed E-state index contributed by atoms with van der Waals surface area (Å²) in [6, 6.07) is 3.56. The Hall–Kier alpha value is -2.73. The summed E-state index contributed by atoms with van der Waals surface area (Å²) >= 11 is 0. The van der Waals surface area contributed by atoms with Crippen LogP contribution in [-0.4, -0.2) is 36.6 Å². The fraction of sp³-hybridized carbons (Fsp3) is 0.519. The smallest absolute Gasteiger partial charge is 0.158 e. The first kappa shape index (κ1) is 22.1. The third-order valence-corrected chi connectivity index (χ3v) is 7.43. The molecular weight excluding hydrogens is 408 g/mol. The zero-order valence-electron chi connectivity index (χ0n) is 20.7. The molecule has 4 aromatic heterocycles. The van der Waals surface area contributed by atoms with Gasteiger partial charge in [-0.25, -0.2) is 9.50 Å². The van der Waals surface area contributed by atoms with E-state index in [1.54, 1.807) is 6.33 Å². The van der Waals surface area contributed by atoms with Gasteiger partial charge >= 0.3 is 0 Å². The van der Waals surface area contributed by atoms with Crippen LogP contribution in [0.1, 0.15) is 87.6 Å². The Labute approximate surface area is 196 Å². The van der Waals surface area contributed by atoms with Crippen LogP contribution in [0.4, 0.5) is 0 Å². The van der Waals surface area contributed by atoms with Gasteiger partial charge in [-0.05, 0) is 68.2 Å². The quantitative estimate of drug-likeness (QED) is 0.394. The maximum absolute atomic E-state index is 4.93. The molecule has 5 rings (SSSR count). The second-order valence-corrected chi connectivity index (χ2v) is 10.4. The van der Waals surface area contributed by atoms with Crippen LogP contribution in [0.3, 0.4) is 0 Å². The first-order valence-corrected chi connectivity index (χ1v) is 12.4. The number of pyridine rings is 2. The maximum Gasteiger partial charge on any atom is 0.158 e. The largest absolute Gasteiger partial charge is 0.353 e. The van der Waals surface area contributed by atoms with E-state index in [1.807, 2.05) is 4.52 Å². The van der Waals surface area contributed by atoms with Crippen molar-refractivity contribution in [1.29, 1.82) is 0 Å². The number of aromatic amines is 1. The summed E-state index contributed by atoms with van der Waals surface area (Å²) < 4.78 is 1.89. The molecule has 0 radical (unpaired) electrons. The molecule has 0 amide bonds. The van der Waals surface area contributed by atoms with E-state index in [-0.39, 0.29) is 0 Å². The van der Waals surface area contributed by atoms with E-state index in [2.05, 4.69) is 80.4 Å². The highest BCUT2D eigenvalue weighted by Crippen LogP contribution is 2.40. The lowest BCUT2D eigenvalue weighted by molar-refractivity contribution is 0.323. The molecule has 6 heteroatoms. The normalized spacial score (nSPS) is 19.4. The molecule has 0 atom stereocenters. The molecule has 0 bridgehead atoms. The van der Waals surface area contributed by atoms with E-state index in [0.29, 0.717) is 23.9 Å². The molecule has 174 valence electrons. The van der Waals surface area contributed by atoms with Crippen molar-refractivity contribution in [3.05, 3.63) is 47.2 Å².